The Balaban J connectivity index is 1.88. The summed E-state index contributed by atoms with van der Waals surface area (Å²) in [6.07, 6.45) is 3.26. The van der Waals surface area contributed by atoms with E-state index < -0.39 is 5.97 Å². The summed E-state index contributed by atoms with van der Waals surface area (Å²) < 4.78 is 0. The topological polar surface area (TPSA) is 82.9 Å². The predicted octanol–water partition coefficient (Wildman–Crippen LogP) is 3.67. The van der Waals surface area contributed by atoms with Crippen molar-refractivity contribution in [1.29, 1.82) is 0 Å². The number of aromatic carboxylic acids is 1. The fraction of sp³-hybridized carbons (Fsp3) is 0.0588. The molecule has 25 heavy (non-hydrogen) atoms. The van der Waals surface area contributed by atoms with Gasteiger partial charge in [-0.1, -0.05) is 23.7 Å². The monoisotopic (exact) mass is 373 g/mol. The lowest BCUT2D eigenvalue weighted by atomic mass is 10.1. The minimum atomic E-state index is -0.993. The number of pyridine rings is 1. The summed E-state index contributed by atoms with van der Waals surface area (Å²) in [5.41, 5.74) is 1.41. The van der Waals surface area contributed by atoms with E-state index in [9.17, 15) is 9.59 Å². The molecule has 0 bridgehead atoms. The lowest BCUT2D eigenvalue weighted by Gasteiger charge is -2.07. The Bertz CT molecular complexity index is 910. The maximum Gasteiger partial charge on any atom is 0.335 e. The van der Waals surface area contributed by atoms with E-state index in [-0.39, 0.29) is 16.6 Å². The van der Waals surface area contributed by atoms with E-state index in [4.69, 9.17) is 16.7 Å². The molecular formula is C17H12ClN3O3S. The molecule has 0 spiro atoms. The standard InChI is InChI=1S/C17H12ClN3O3S/c1-21-15(22)13(9-10-4-6-11(7-5-10)16(23)24)25-17(21)20-12-3-2-8-19-14(12)18/h2-9H,1H3,(H,23,24)/b13-9-,20-17?. The van der Waals surface area contributed by atoms with Crippen LogP contribution < -0.4 is 0 Å². The van der Waals surface area contributed by atoms with Crippen LogP contribution in [0.15, 0.2) is 52.5 Å². The summed E-state index contributed by atoms with van der Waals surface area (Å²) >= 11 is 7.22. The van der Waals surface area contributed by atoms with E-state index in [1.165, 1.54) is 28.8 Å². The summed E-state index contributed by atoms with van der Waals surface area (Å²) in [4.78, 5) is 33.5. The molecule has 2 aromatic rings. The lowest BCUT2D eigenvalue weighted by Crippen LogP contribution is -2.23. The number of amides is 1. The van der Waals surface area contributed by atoms with Crippen molar-refractivity contribution < 1.29 is 14.7 Å². The number of carboxylic acids is 1. The van der Waals surface area contributed by atoms with E-state index in [1.54, 1.807) is 43.6 Å². The molecule has 0 unspecified atom stereocenters. The maximum atomic E-state index is 12.4. The zero-order chi connectivity index (χ0) is 18.0. The van der Waals surface area contributed by atoms with Crippen LogP contribution in [-0.2, 0) is 4.79 Å². The Hall–Kier alpha value is -2.64. The highest BCUT2D eigenvalue weighted by molar-refractivity contribution is 8.18. The van der Waals surface area contributed by atoms with Gasteiger partial charge in [0.15, 0.2) is 10.3 Å². The largest absolute Gasteiger partial charge is 0.478 e. The average molecular weight is 374 g/mol. The van der Waals surface area contributed by atoms with Gasteiger partial charge in [0, 0.05) is 13.2 Å². The Morgan fingerprint density at radius 1 is 1.32 bits per heavy atom. The number of carbonyl (C=O) groups excluding carboxylic acids is 1. The summed E-state index contributed by atoms with van der Waals surface area (Å²) in [7, 11) is 1.63. The second kappa shape index (κ2) is 7.08. The van der Waals surface area contributed by atoms with Gasteiger partial charge in [0.25, 0.3) is 5.91 Å². The van der Waals surface area contributed by atoms with E-state index in [1.807, 2.05) is 0 Å². The summed E-state index contributed by atoms with van der Waals surface area (Å²) in [5, 5.41) is 9.68. The van der Waals surface area contributed by atoms with Crippen molar-refractivity contribution in [2.24, 2.45) is 4.99 Å². The van der Waals surface area contributed by atoms with Crippen LogP contribution >= 0.6 is 23.4 Å². The molecule has 0 aliphatic carbocycles. The highest BCUT2D eigenvalue weighted by Gasteiger charge is 2.30. The number of amidine groups is 1. The van der Waals surface area contributed by atoms with Crippen molar-refractivity contribution >= 4 is 52.2 Å². The molecule has 126 valence electrons. The first-order valence-corrected chi connectivity index (χ1v) is 8.35. The van der Waals surface area contributed by atoms with Crippen LogP contribution in [0.2, 0.25) is 5.15 Å². The number of aliphatic imine (C=N–C) groups is 1. The molecule has 1 saturated heterocycles. The second-order valence-corrected chi connectivity index (χ2v) is 6.48. The minimum absolute atomic E-state index is 0.189. The van der Waals surface area contributed by atoms with Gasteiger partial charge in [0.2, 0.25) is 0 Å². The van der Waals surface area contributed by atoms with Crippen LogP contribution in [0.4, 0.5) is 5.69 Å². The van der Waals surface area contributed by atoms with Crippen molar-refractivity contribution in [1.82, 2.24) is 9.88 Å². The number of hydrogen-bond donors (Lipinski definition) is 1. The summed E-state index contributed by atoms with van der Waals surface area (Å²) in [5.74, 6) is -1.18. The third-order valence-corrected chi connectivity index (χ3v) is 4.77. The zero-order valence-electron chi connectivity index (χ0n) is 13.0. The molecule has 8 heteroatoms. The van der Waals surface area contributed by atoms with Gasteiger partial charge in [-0.3, -0.25) is 9.69 Å². The highest BCUT2D eigenvalue weighted by atomic mass is 35.5. The second-order valence-electron chi connectivity index (χ2n) is 5.11. The molecular weight excluding hydrogens is 362 g/mol. The van der Waals surface area contributed by atoms with Crippen LogP contribution in [0.3, 0.4) is 0 Å². The van der Waals surface area contributed by atoms with Gasteiger partial charge in [-0.15, -0.1) is 0 Å². The molecule has 1 aliphatic heterocycles. The fourth-order valence-corrected chi connectivity index (χ4v) is 3.23. The number of aromatic nitrogens is 1. The number of carboxylic acid groups (broad SMARTS) is 1. The molecule has 2 heterocycles. The smallest absolute Gasteiger partial charge is 0.335 e. The van der Waals surface area contributed by atoms with Gasteiger partial charge in [-0.25, -0.2) is 14.8 Å². The molecule has 6 nitrogen and oxygen atoms in total. The quantitative estimate of drug-likeness (QED) is 0.655. The van der Waals surface area contributed by atoms with Gasteiger partial charge in [-0.05, 0) is 47.7 Å². The fourth-order valence-electron chi connectivity index (χ4n) is 2.09. The van der Waals surface area contributed by atoms with Gasteiger partial charge < -0.3 is 5.11 Å². The van der Waals surface area contributed by atoms with E-state index in [2.05, 4.69) is 9.98 Å². The third kappa shape index (κ3) is 3.72. The van der Waals surface area contributed by atoms with Crippen LogP contribution in [-0.4, -0.2) is 39.1 Å². The van der Waals surface area contributed by atoms with Crippen LogP contribution in [0.1, 0.15) is 15.9 Å². The first kappa shape index (κ1) is 17.2. The van der Waals surface area contributed by atoms with E-state index in [0.717, 1.165) is 5.56 Å². The maximum absolute atomic E-state index is 12.4. The van der Waals surface area contributed by atoms with Gasteiger partial charge in [0.05, 0.1) is 10.5 Å². The molecule has 1 amide bonds. The number of rotatable bonds is 3. The Labute approximate surface area is 152 Å². The molecule has 3 rings (SSSR count). The number of nitrogens with zero attached hydrogens (tertiary/aromatic N) is 3. The molecule has 1 fully saturated rings. The summed E-state index contributed by atoms with van der Waals surface area (Å²) in [6.45, 7) is 0. The van der Waals surface area contributed by atoms with Gasteiger partial charge in [-0.2, -0.15) is 0 Å². The molecule has 0 radical (unpaired) electrons. The Kier molecular flexibility index (Phi) is 4.87. The van der Waals surface area contributed by atoms with Crippen LogP contribution in [0, 0.1) is 0 Å². The Morgan fingerprint density at radius 2 is 2.04 bits per heavy atom. The van der Waals surface area contributed by atoms with Crippen molar-refractivity contribution in [3.8, 4) is 0 Å². The van der Waals surface area contributed by atoms with Gasteiger partial charge >= 0.3 is 5.97 Å². The first-order chi connectivity index (χ1) is 12.0. The lowest BCUT2D eigenvalue weighted by molar-refractivity contribution is -0.121. The summed E-state index contributed by atoms with van der Waals surface area (Å²) in [6, 6.07) is 9.72. The molecule has 0 saturated carbocycles. The van der Waals surface area contributed by atoms with Crippen LogP contribution in [0.25, 0.3) is 6.08 Å². The number of likely N-dealkylation sites (N-methyl/N-ethyl adjacent to an activating group) is 1. The third-order valence-electron chi connectivity index (χ3n) is 3.41. The SMILES string of the molecule is CN1C(=O)/C(=C/c2ccc(C(=O)O)cc2)SC1=Nc1cccnc1Cl. The normalized spacial score (nSPS) is 17.5. The number of carbonyl (C=O) groups is 2. The zero-order valence-corrected chi connectivity index (χ0v) is 14.6. The predicted molar refractivity (Wildman–Crippen MR) is 98.1 cm³/mol. The van der Waals surface area contributed by atoms with Gasteiger partial charge in [0.1, 0.15) is 5.69 Å². The Morgan fingerprint density at radius 3 is 2.68 bits per heavy atom. The van der Waals surface area contributed by atoms with E-state index in [0.29, 0.717) is 15.8 Å². The van der Waals surface area contributed by atoms with Crippen molar-refractivity contribution in [2.75, 3.05) is 7.05 Å². The number of thioether (sulfide) groups is 1. The number of hydrogen-bond acceptors (Lipinski definition) is 5. The average Bonchev–Trinajstić information content (AvgIpc) is 2.85. The minimum Gasteiger partial charge on any atom is -0.478 e. The molecule has 0 atom stereocenters. The number of benzene rings is 1. The molecule has 1 aromatic heterocycles. The molecule has 1 aromatic carbocycles. The first-order valence-electron chi connectivity index (χ1n) is 7.16. The van der Waals surface area contributed by atoms with Crippen LogP contribution in [0.5, 0.6) is 0 Å². The molecule has 1 N–H and O–H groups in total. The molecule has 1 aliphatic rings. The van der Waals surface area contributed by atoms with E-state index >= 15 is 0 Å². The van der Waals surface area contributed by atoms with Crippen molar-refractivity contribution in [3.05, 3.63) is 63.8 Å². The highest BCUT2D eigenvalue weighted by Crippen LogP contribution is 2.34. The van der Waals surface area contributed by atoms with Crippen molar-refractivity contribution in [3.63, 3.8) is 0 Å². The number of halogens is 1. The van der Waals surface area contributed by atoms with Crippen molar-refractivity contribution in [2.45, 2.75) is 0 Å².